The Morgan fingerprint density at radius 3 is 2.60 bits per heavy atom. The van der Waals surface area contributed by atoms with Crippen molar-refractivity contribution in [3.05, 3.63) is 66.7 Å². The van der Waals surface area contributed by atoms with Gasteiger partial charge in [0, 0.05) is 36.3 Å². The molecule has 2 heterocycles. The Hall–Kier alpha value is -4.14. The van der Waals surface area contributed by atoms with Crippen molar-refractivity contribution in [3.8, 4) is 22.9 Å². The van der Waals surface area contributed by atoms with Crippen molar-refractivity contribution < 1.29 is 23.4 Å². The van der Waals surface area contributed by atoms with Crippen LogP contribution in [0, 0.1) is 5.82 Å². The number of nitrogens with zero attached hydrogens (tertiary/aromatic N) is 4. The highest BCUT2D eigenvalue weighted by molar-refractivity contribution is 5.83. The van der Waals surface area contributed by atoms with Crippen molar-refractivity contribution in [2.24, 2.45) is 0 Å². The Morgan fingerprint density at radius 2 is 1.86 bits per heavy atom. The number of esters is 1. The summed E-state index contributed by atoms with van der Waals surface area (Å²) in [4.78, 5) is 21.8. The smallest absolute Gasteiger partial charge is 0.325 e. The SMILES string of the molecule is COC(=O)Cn1ccc2cc(OCCCN(C)c3nc(-c4ccc(OC)cc4)ncc3F)ccc21. The van der Waals surface area contributed by atoms with E-state index < -0.39 is 5.82 Å². The Kier molecular flexibility index (Phi) is 7.45. The van der Waals surface area contributed by atoms with Crippen LogP contribution in [-0.2, 0) is 16.1 Å². The Balaban J connectivity index is 1.34. The summed E-state index contributed by atoms with van der Waals surface area (Å²) < 4.78 is 32.1. The van der Waals surface area contributed by atoms with Gasteiger partial charge in [-0.2, -0.15) is 0 Å². The Labute approximate surface area is 202 Å². The van der Waals surface area contributed by atoms with Gasteiger partial charge in [-0.05, 0) is 55.0 Å². The van der Waals surface area contributed by atoms with E-state index >= 15 is 0 Å². The minimum atomic E-state index is -0.479. The average Bonchev–Trinajstić information content (AvgIpc) is 3.28. The Morgan fingerprint density at radius 1 is 1.09 bits per heavy atom. The summed E-state index contributed by atoms with van der Waals surface area (Å²) in [5, 5.41) is 0.970. The highest BCUT2D eigenvalue weighted by Gasteiger charge is 2.13. The van der Waals surface area contributed by atoms with Gasteiger partial charge in [0.05, 0.1) is 27.0 Å². The fourth-order valence-corrected chi connectivity index (χ4v) is 3.71. The maximum Gasteiger partial charge on any atom is 0.325 e. The average molecular weight is 479 g/mol. The van der Waals surface area contributed by atoms with E-state index in [1.807, 2.05) is 59.3 Å². The van der Waals surface area contributed by atoms with Crippen LogP contribution in [0.1, 0.15) is 6.42 Å². The van der Waals surface area contributed by atoms with Gasteiger partial charge in [-0.1, -0.05) is 0 Å². The molecule has 0 radical (unpaired) electrons. The topological polar surface area (TPSA) is 78.7 Å². The predicted molar refractivity (Wildman–Crippen MR) is 131 cm³/mol. The maximum absolute atomic E-state index is 14.4. The zero-order valence-electron chi connectivity index (χ0n) is 19.9. The van der Waals surface area contributed by atoms with E-state index in [2.05, 4.69) is 9.97 Å². The van der Waals surface area contributed by atoms with Gasteiger partial charge >= 0.3 is 5.97 Å². The molecule has 0 saturated heterocycles. The second kappa shape index (κ2) is 10.9. The predicted octanol–water partition coefficient (Wildman–Crippen LogP) is 4.32. The van der Waals surface area contributed by atoms with Gasteiger partial charge in [0.2, 0.25) is 0 Å². The van der Waals surface area contributed by atoms with Crippen molar-refractivity contribution in [2.45, 2.75) is 13.0 Å². The summed E-state index contributed by atoms with van der Waals surface area (Å²) >= 11 is 0. The number of fused-ring (bicyclic) bond motifs is 1. The molecule has 0 aliphatic heterocycles. The molecule has 0 atom stereocenters. The van der Waals surface area contributed by atoms with E-state index in [1.54, 1.807) is 19.1 Å². The highest BCUT2D eigenvalue weighted by Crippen LogP contribution is 2.24. The van der Waals surface area contributed by atoms with Crippen LogP contribution < -0.4 is 14.4 Å². The van der Waals surface area contributed by atoms with Crippen LogP contribution in [0.2, 0.25) is 0 Å². The number of hydrogen-bond donors (Lipinski definition) is 0. The van der Waals surface area contributed by atoms with Crippen molar-refractivity contribution >= 4 is 22.7 Å². The van der Waals surface area contributed by atoms with Gasteiger partial charge in [0.15, 0.2) is 17.5 Å². The van der Waals surface area contributed by atoms with E-state index in [0.29, 0.717) is 25.4 Å². The lowest BCUT2D eigenvalue weighted by Crippen LogP contribution is -2.23. The lowest BCUT2D eigenvalue weighted by molar-refractivity contribution is -0.141. The number of rotatable bonds is 10. The van der Waals surface area contributed by atoms with E-state index in [9.17, 15) is 9.18 Å². The number of benzene rings is 2. The monoisotopic (exact) mass is 478 g/mol. The summed E-state index contributed by atoms with van der Waals surface area (Å²) in [7, 11) is 4.76. The van der Waals surface area contributed by atoms with Gasteiger partial charge in [-0.3, -0.25) is 4.79 Å². The molecule has 2 aromatic carbocycles. The molecule has 0 saturated carbocycles. The molecule has 35 heavy (non-hydrogen) atoms. The third kappa shape index (κ3) is 5.68. The summed E-state index contributed by atoms with van der Waals surface area (Å²) in [6.07, 6.45) is 3.70. The molecule has 4 rings (SSSR count). The molecule has 8 nitrogen and oxygen atoms in total. The summed E-state index contributed by atoms with van der Waals surface area (Å²) in [6, 6.07) is 14.9. The van der Waals surface area contributed by atoms with Gasteiger partial charge in [0.25, 0.3) is 0 Å². The van der Waals surface area contributed by atoms with Crippen LogP contribution in [0.15, 0.2) is 60.9 Å². The second-order valence-corrected chi connectivity index (χ2v) is 7.96. The van der Waals surface area contributed by atoms with Gasteiger partial charge in [-0.15, -0.1) is 0 Å². The fraction of sp³-hybridized carbons (Fsp3) is 0.269. The minimum Gasteiger partial charge on any atom is -0.497 e. The standard InChI is InChI=1S/C26H27FN4O4/c1-30(26-22(27)16-28-25(29-26)18-5-7-20(33-2)8-6-18)12-4-14-35-21-9-10-23-19(15-21)11-13-31(23)17-24(32)34-3/h5-11,13,15-16H,4,12,14,17H2,1-3H3. The molecule has 0 N–H and O–H groups in total. The number of anilines is 1. The molecule has 2 aromatic heterocycles. The van der Waals surface area contributed by atoms with E-state index in [0.717, 1.165) is 28.0 Å². The van der Waals surface area contributed by atoms with Crippen LogP contribution in [0.3, 0.4) is 0 Å². The van der Waals surface area contributed by atoms with Crippen LogP contribution >= 0.6 is 0 Å². The minimum absolute atomic E-state index is 0.159. The highest BCUT2D eigenvalue weighted by atomic mass is 19.1. The number of hydrogen-bond acceptors (Lipinski definition) is 7. The molecule has 0 fully saturated rings. The molecule has 0 bridgehead atoms. The van der Waals surface area contributed by atoms with Crippen LogP contribution in [0.25, 0.3) is 22.3 Å². The molecule has 0 spiro atoms. The second-order valence-electron chi connectivity index (χ2n) is 7.96. The number of carbonyl (C=O) groups is 1. The van der Waals surface area contributed by atoms with E-state index in [4.69, 9.17) is 14.2 Å². The number of halogens is 1. The summed E-state index contributed by atoms with van der Waals surface area (Å²) in [5.41, 5.74) is 1.70. The quantitative estimate of drug-likeness (QED) is 0.248. The molecular weight excluding hydrogens is 451 g/mol. The number of aromatic nitrogens is 3. The van der Waals surface area contributed by atoms with Crippen molar-refractivity contribution in [3.63, 3.8) is 0 Å². The van der Waals surface area contributed by atoms with Gasteiger partial charge in [0.1, 0.15) is 18.0 Å². The Bertz CT molecular complexity index is 1310. The zero-order chi connectivity index (χ0) is 24.8. The normalized spacial score (nSPS) is 10.9. The lowest BCUT2D eigenvalue weighted by Gasteiger charge is -2.19. The van der Waals surface area contributed by atoms with Gasteiger partial charge in [-0.25, -0.2) is 14.4 Å². The zero-order valence-corrected chi connectivity index (χ0v) is 19.9. The lowest BCUT2D eigenvalue weighted by atomic mass is 10.2. The number of ether oxygens (including phenoxy) is 3. The number of methoxy groups -OCH3 is 2. The molecule has 0 amide bonds. The summed E-state index contributed by atoms with van der Waals surface area (Å²) in [5.74, 6) is 1.35. The third-order valence-corrected chi connectivity index (χ3v) is 5.61. The first-order valence-corrected chi connectivity index (χ1v) is 11.1. The van der Waals surface area contributed by atoms with Crippen molar-refractivity contribution in [1.29, 1.82) is 0 Å². The maximum atomic E-state index is 14.4. The molecule has 182 valence electrons. The first kappa shape index (κ1) is 24.0. The largest absolute Gasteiger partial charge is 0.497 e. The van der Waals surface area contributed by atoms with Crippen LogP contribution in [0.5, 0.6) is 11.5 Å². The third-order valence-electron chi connectivity index (χ3n) is 5.61. The molecule has 4 aromatic rings. The van der Waals surface area contributed by atoms with Crippen molar-refractivity contribution in [1.82, 2.24) is 14.5 Å². The van der Waals surface area contributed by atoms with E-state index in [-0.39, 0.29) is 18.3 Å². The molecule has 0 aliphatic carbocycles. The van der Waals surface area contributed by atoms with Crippen molar-refractivity contribution in [2.75, 3.05) is 39.3 Å². The molecule has 0 unspecified atom stereocenters. The first-order chi connectivity index (χ1) is 17.0. The summed E-state index contributed by atoms with van der Waals surface area (Å²) in [6.45, 7) is 1.16. The molecule has 0 aliphatic rings. The van der Waals surface area contributed by atoms with E-state index in [1.165, 1.54) is 13.3 Å². The van der Waals surface area contributed by atoms with Gasteiger partial charge < -0.3 is 23.7 Å². The number of carbonyl (C=O) groups excluding carboxylic acids is 1. The first-order valence-electron chi connectivity index (χ1n) is 11.1. The fourth-order valence-electron chi connectivity index (χ4n) is 3.71. The van der Waals surface area contributed by atoms with Crippen LogP contribution in [0.4, 0.5) is 10.2 Å². The van der Waals surface area contributed by atoms with Crippen LogP contribution in [-0.4, -0.2) is 54.9 Å². The molecule has 9 heteroatoms. The molecular formula is C26H27FN4O4.